The van der Waals surface area contributed by atoms with Gasteiger partial charge in [0.15, 0.2) is 5.16 Å². The van der Waals surface area contributed by atoms with Gasteiger partial charge in [-0.3, -0.25) is 0 Å². The molecule has 0 saturated carbocycles. The predicted molar refractivity (Wildman–Crippen MR) is 87.4 cm³/mol. The molecule has 4 aromatic rings. The molecule has 104 valence electrons. The Balaban J connectivity index is 1.80. The van der Waals surface area contributed by atoms with Gasteiger partial charge in [-0.05, 0) is 59.4 Å². The Kier molecular flexibility index (Phi) is 3.10. The van der Waals surface area contributed by atoms with Crippen molar-refractivity contribution in [2.45, 2.75) is 17.1 Å². The number of fused-ring (bicyclic) bond motifs is 2. The fraction of sp³-hybridized carbons (Fsp3) is 0.0714. The Labute approximate surface area is 133 Å². The minimum atomic E-state index is 0.263. The lowest BCUT2D eigenvalue weighted by molar-refractivity contribution is 1.05. The molecule has 0 saturated heterocycles. The zero-order valence-electron chi connectivity index (χ0n) is 10.9. The molecule has 4 rings (SSSR count). The normalized spacial score (nSPS) is 11.5. The van der Waals surface area contributed by atoms with Crippen LogP contribution in [0.2, 0.25) is 5.28 Å². The summed E-state index contributed by atoms with van der Waals surface area (Å²) in [5.41, 5.74) is 3.18. The van der Waals surface area contributed by atoms with E-state index in [-0.39, 0.29) is 5.28 Å². The Morgan fingerprint density at radius 1 is 1.19 bits per heavy atom. The Morgan fingerprint density at radius 2 is 2.10 bits per heavy atom. The molecule has 0 aliphatic rings. The molecule has 7 heteroatoms. The Morgan fingerprint density at radius 3 is 3.00 bits per heavy atom. The molecule has 0 fully saturated rings. The van der Waals surface area contributed by atoms with Gasteiger partial charge < -0.3 is 4.98 Å². The number of H-pyrrole nitrogens is 1. The van der Waals surface area contributed by atoms with Gasteiger partial charge in [0.05, 0.1) is 11.0 Å². The zero-order chi connectivity index (χ0) is 14.4. The molecule has 1 N–H and O–H groups in total. The standard InChI is InChI=1S/C14H9ClN4S2/c1-7-2-3-9-10(6-7)17-14(16-9)21-12-8-4-5-20-11(8)18-13(15)19-12/h2-6H,1H3,(H,16,17). The van der Waals surface area contributed by atoms with Crippen molar-refractivity contribution >= 4 is 55.9 Å². The van der Waals surface area contributed by atoms with Gasteiger partial charge in [0.1, 0.15) is 9.86 Å². The minimum absolute atomic E-state index is 0.263. The first-order chi connectivity index (χ1) is 10.2. The lowest BCUT2D eigenvalue weighted by Gasteiger charge is -1.99. The highest BCUT2D eigenvalue weighted by Gasteiger charge is 2.12. The van der Waals surface area contributed by atoms with Crippen LogP contribution < -0.4 is 0 Å². The Hall–Kier alpha value is -1.63. The smallest absolute Gasteiger partial charge is 0.224 e. The summed E-state index contributed by atoms with van der Waals surface area (Å²) in [5.74, 6) is 0. The van der Waals surface area contributed by atoms with Crippen LogP contribution in [0.15, 0.2) is 39.8 Å². The van der Waals surface area contributed by atoms with E-state index in [1.807, 2.05) is 17.5 Å². The number of imidazole rings is 1. The summed E-state index contributed by atoms with van der Waals surface area (Å²) in [4.78, 5) is 17.3. The molecule has 0 radical (unpaired) electrons. The highest BCUT2D eigenvalue weighted by molar-refractivity contribution is 7.99. The minimum Gasteiger partial charge on any atom is -0.333 e. The molecule has 0 bridgehead atoms. The average molecular weight is 333 g/mol. The zero-order valence-corrected chi connectivity index (χ0v) is 13.3. The second-order valence-corrected chi connectivity index (χ2v) is 6.81. The van der Waals surface area contributed by atoms with Crippen LogP contribution in [0.25, 0.3) is 21.3 Å². The molecule has 0 spiro atoms. The number of aryl methyl sites for hydroxylation is 1. The van der Waals surface area contributed by atoms with Crippen molar-refractivity contribution in [2.24, 2.45) is 0 Å². The van der Waals surface area contributed by atoms with Gasteiger partial charge in [-0.15, -0.1) is 11.3 Å². The molecule has 1 aromatic carbocycles. The van der Waals surface area contributed by atoms with Crippen molar-refractivity contribution in [1.82, 2.24) is 19.9 Å². The number of nitrogens with one attached hydrogen (secondary N) is 1. The van der Waals surface area contributed by atoms with Gasteiger partial charge in [0.25, 0.3) is 0 Å². The molecular weight excluding hydrogens is 324 g/mol. The summed E-state index contributed by atoms with van der Waals surface area (Å²) in [6, 6.07) is 8.15. The third-order valence-corrected chi connectivity index (χ3v) is 4.94. The third-order valence-electron chi connectivity index (χ3n) is 3.07. The number of aromatic amines is 1. The van der Waals surface area contributed by atoms with Crippen LogP contribution in [0.4, 0.5) is 0 Å². The van der Waals surface area contributed by atoms with Gasteiger partial charge in [-0.25, -0.2) is 15.0 Å². The van der Waals surface area contributed by atoms with Crippen LogP contribution in [0.5, 0.6) is 0 Å². The number of halogens is 1. The molecule has 3 aromatic heterocycles. The molecule has 21 heavy (non-hydrogen) atoms. The van der Waals surface area contributed by atoms with Crippen LogP contribution >= 0.6 is 34.7 Å². The maximum atomic E-state index is 5.99. The van der Waals surface area contributed by atoms with Crippen LogP contribution in [-0.4, -0.2) is 19.9 Å². The van der Waals surface area contributed by atoms with Gasteiger partial charge in [-0.2, -0.15) is 0 Å². The second kappa shape index (κ2) is 4.98. The molecule has 0 amide bonds. The van der Waals surface area contributed by atoms with E-state index in [0.717, 1.165) is 31.4 Å². The van der Waals surface area contributed by atoms with E-state index in [9.17, 15) is 0 Å². The molecule has 0 unspecified atom stereocenters. The summed E-state index contributed by atoms with van der Waals surface area (Å²) in [6.45, 7) is 2.06. The average Bonchev–Trinajstić information content (AvgIpc) is 3.03. The van der Waals surface area contributed by atoms with E-state index >= 15 is 0 Å². The molecular formula is C14H9ClN4S2. The third kappa shape index (κ3) is 2.39. The molecule has 3 heterocycles. The first-order valence-electron chi connectivity index (χ1n) is 6.24. The number of hydrogen-bond acceptors (Lipinski definition) is 5. The first kappa shape index (κ1) is 13.1. The van der Waals surface area contributed by atoms with E-state index in [4.69, 9.17) is 11.6 Å². The SMILES string of the molecule is Cc1ccc2nc(Sc3nc(Cl)nc4sccc34)[nH]c2c1. The van der Waals surface area contributed by atoms with Gasteiger partial charge in [0.2, 0.25) is 5.28 Å². The number of aromatic nitrogens is 4. The number of hydrogen-bond donors (Lipinski definition) is 1. The summed E-state index contributed by atoms with van der Waals surface area (Å²) in [6.07, 6.45) is 0. The lowest BCUT2D eigenvalue weighted by Crippen LogP contribution is -1.86. The maximum Gasteiger partial charge on any atom is 0.224 e. The van der Waals surface area contributed by atoms with Gasteiger partial charge in [0, 0.05) is 5.39 Å². The molecule has 0 aliphatic carbocycles. The van der Waals surface area contributed by atoms with E-state index in [1.165, 1.54) is 17.3 Å². The predicted octanol–water partition coefficient (Wildman–Crippen LogP) is 4.68. The number of rotatable bonds is 2. The fourth-order valence-corrected chi connectivity index (χ4v) is 4.11. The van der Waals surface area contributed by atoms with Gasteiger partial charge in [-0.1, -0.05) is 6.07 Å². The van der Waals surface area contributed by atoms with E-state index in [1.54, 1.807) is 11.3 Å². The summed E-state index contributed by atoms with van der Waals surface area (Å²) in [5, 5.41) is 4.88. The van der Waals surface area contributed by atoms with Crippen molar-refractivity contribution in [3.05, 3.63) is 40.5 Å². The van der Waals surface area contributed by atoms with Crippen LogP contribution in [0, 0.1) is 6.92 Å². The van der Waals surface area contributed by atoms with Crippen molar-refractivity contribution in [3.63, 3.8) is 0 Å². The van der Waals surface area contributed by atoms with Gasteiger partial charge >= 0.3 is 0 Å². The van der Waals surface area contributed by atoms with E-state index in [2.05, 4.69) is 39.0 Å². The summed E-state index contributed by atoms with van der Waals surface area (Å²) < 4.78 is 0. The maximum absolute atomic E-state index is 5.99. The van der Waals surface area contributed by atoms with Crippen LogP contribution in [0.3, 0.4) is 0 Å². The Bertz CT molecular complexity index is 960. The van der Waals surface area contributed by atoms with Crippen molar-refractivity contribution in [2.75, 3.05) is 0 Å². The van der Waals surface area contributed by atoms with Crippen LogP contribution in [0.1, 0.15) is 5.56 Å². The second-order valence-electron chi connectivity index (χ2n) is 4.60. The quantitative estimate of drug-likeness (QED) is 0.427. The highest BCUT2D eigenvalue weighted by atomic mass is 35.5. The topological polar surface area (TPSA) is 54.5 Å². The largest absolute Gasteiger partial charge is 0.333 e. The monoisotopic (exact) mass is 332 g/mol. The van der Waals surface area contributed by atoms with Crippen molar-refractivity contribution in [1.29, 1.82) is 0 Å². The summed E-state index contributed by atoms with van der Waals surface area (Å²) in [7, 11) is 0. The number of benzene rings is 1. The fourth-order valence-electron chi connectivity index (χ4n) is 2.12. The van der Waals surface area contributed by atoms with Crippen molar-refractivity contribution in [3.8, 4) is 0 Å². The summed E-state index contributed by atoms with van der Waals surface area (Å²) >= 11 is 9.01. The van der Waals surface area contributed by atoms with E-state index in [0.29, 0.717) is 0 Å². The first-order valence-corrected chi connectivity index (χ1v) is 8.31. The van der Waals surface area contributed by atoms with E-state index < -0.39 is 0 Å². The lowest BCUT2D eigenvalue weighted by atomic mass is 10.2. The van der Waals surface area contributed by atoms with Crippen molar-refractivity contribution < 1.29 is 0 Å². The number of thiophene rings is 1. The highest BCUT2D eigenvalue weighted by Crippen LogP contribution is 2.33. The van der Waals surface area contributed by atoms with Crippen LogP contribution in [-0.2, 0) is 0 Å². The molecule has 4 nitrogen and oxygen atoms in total. The molecule has 0 atom stereocenters. The number of nitrogens with zero attached hydrogens (tertiary/aromatic N) is 3. The molecule has 0 aliphatic heterocycles.